The summed E-state index contributed by atoms with van der Waals surface area (Å²) in [6.45, 7) is 3.00. The molecule has 0 spiro atoms. The van der Waals surface area contributed by atoms with Crippen molar-refractivity contribution in [3.05, 3.63) is 29.3 Å². The lowest BCUT2D eigenvalue weighted by molar-refractivity contribution is -0.143. The molecule has 1 fully saturated rings. The summed E-state index contributed by atoms with van der Waals surface area (Å²) in [4.78, 5) is 25.0. The van der Waals surface area contributed by atoms with E-state index in [2.05, 4.69) is 4.74 Å². The van der Waals surface area contributed by atoms with Gasteiger partial charge in [-0.3, -0.25) is 9.59 Å². The first kappa shape index (κ1) is 17.2. The Labute approximate surface area is 130 Å². The number of amides is 1. The van der Waals surface area contributed by atoms with Crippen molar-refractivity contribution in [3.63, 3.8) is 0 Å². The lowest BCUT2D eigenvalue weighted by Gasteiger charge is -2.30. The van der Waals surface area contributed by atoms with Crippen LogP contribution < -0.4 is 4.74 Å². The predicted molar refractivity (Wildman–Crippen MR) is 71.5 cm³/mol. The zero-order valence-electron chi connectivity index (χ0n) is 12.4. The van der Waals surface area contributed by atoms with Gasteiger partial charge in [0.2, 0.25) is 23.3 Å². The summed E-state index contributed by atoms with van der Waals surface area (Å²) in [6, 6.07) is 0.00204. The average Bonchev–Trinajstić information content (AvgIpc) is 2.50. The zero-order chi connectivity index (χ0) is 17.1. The number of rotatable bonds is 3. The van der Waals surface area contributed by atoms with Crippen molar-refractivity contribution in [2.75, 3.05) is 13.1 Å². The van der Waals surface area contributed by atoms with Crippen molar-refractivity contribution >= 4 is 11.9 Å². The molecule has 1 heterocycles. The maximum absolute atomic E-state index is 13.4. The van der Waals surface area contributed by atoms with Crippen LogP contribution in [0.3, 0.4) is 0 Å². The molecular weight excluding hydrogens is 318 g/mol. The van der Waals surface area contributed by atoms with Crippen molar-refractivity contribution in [1.29, 1.82) is 0 Å². The van der Waals surface area contributed by atoms with Crippen molar-refractivity contribution in [2.24, 2.45) is 5.92 Å². The number of nitrogens with zero attached hydrogens (tertiary/aromatic N) is 1. The molecule has 0 N–H and O–H groups in total. The molecule has 1 aliphatic heterocycles. The molecule has 2 rings (SSSR count). The van der Waals surface area contributed by atoms with Crippen LogP contribution in [-0.4, -0.2) is 29.9 Å². The second kappa shape index (κ2) is 6.97. The van der Waals surface area contributed by atoms with Gasteiger partial charge in [-0.05, 0) is 18.8 Å². The molecule has 0 bridgehead atoms. The van der Waals surface area contributed by atoms with Gasteiger partial charge in [0, 0.05) is 19.2 Å². The van der Waals surface area contributed by atoms with E-state index in [1.54, 1.807) is 0 Å². The average molecular weight is 333 g/mol. The van der Waals surface area contributed by atoms with Crippen LogP contribution in [0.2, 0.25) is 0 Å². The van der Waals surface area contributed by atoms with Gasteiger partial charge in [0.1, 0.15) is 6.42 Å². The molecule has 0 atom stereocenters. The van der Waals surface area contributed by atoms with Gasteiger partial charge in [-0.15, -0.1) is 0 Å². The van der Waals surface area contributed by atoms with Crippen LogP contribution >= 0.6 is 0 Å². The number of hydrogen-bond donors (Lipinski definition) is 0. The minimum atomic E-state index is -1.82. The van der Waals surface area contributed by atoms with Gasteiger partial charge in [-0.1, -0.05) is 6.92 Å². The minimum Gasteiger partial charge on any atom is -0.420 e. The Bertz CT molecular complexity index is 601. The lowest BCUT2D eigenvalue weighted by Crippen LogP contribution is -2.39. The normalized spacial score (nSPS) is 15.6. The van der Waals surface area contributed by atoms with Crippen LogP contribution in [-0.2, 0) is 9.59 Å². The Hall–Kier alpha value is -2.12. The molecule has 0 aliphatic carbocycles. The highest BCUT2D eigenvalue weighted by Crippen LogP contribution is 2.27. The number of carbonyl (C=O) groups excluding carboxylic acids is 2. The highest BCUT2D eigenvalue weighted by molar-refractivity contribution is 5.95. The van der Waals surface area contributed by atoms with Gasteiger partial charge >= 0.3 is 5.97 Å². The number of benzene rings is 1. The molecule has 4 nitrogen and oxygen atoms in total. The molecule has 0 aromatic heterocycles. The molecule has 0 unspecified atom stereocenters. The van der Waals surface area contributed by atoms with E-state index in [0.29, 0.717) is 19.0 Å². The van der Waals surface area contributed by atoms with Crippen molar-refractivity contribution in [3.8, 4) is 5.75 Å². The van der Waals surface area contributed by atoms with E-state index in [4.69, 9.17) is 0 Å². The molecule has 126 valence electrons. The monoisotopic (exact) mass is 333 g/mol. The largest absolute Gasteiger partial charge is 0.420 e. The third-order valence-corrected chi connectivity index (χ3v) is 3.72. The van der Waals surface area contributed by atoms with E-state index in [1.165, 1.54) is 4.90 Å². The number of carbonyl (C=O) groups is 2. The second-order valence-corrected chi connectivity index (χ2v) is 5.51. The first-order valence-corrected chi connectivity index (χ1v) is 7.11. The van der Waals surface area contributed by atoms with E-state index >= 15 is 0 Å². The number of likely N-dealkylation sites (tertiary alicyclic amines) is 1. The van der Waals surface area contributed by atoms with Crippen molar-refractivity contribution < 1.29 is 31.9 Å². The Morgan fingerprint density at radius 3 is 2.17 bits per heavy atom. The summed E-state index contributed by atoms with van der Waals surface area (Å²) in [5.74, 6) is -9.87. The summed E-state index contributed by atoms with van der Waals surface area (Å²) < 4.78 is 57.1. The van der Waals surface area contributed by atoms with E-state index in [0.717, 1.165) is 12.8 Å². The minimum absolute atomic E-state index is 0.00204. The molecule has 1 saturated heterocycles. The van der Waals surface area contributed by atoms with Gasteiger partial charge in [0.05, 0.1) is 0 Å². The maximum Gasteiger partial charge on any atom is 0.320 e. The molecule has 1 aromatic rings. The molecular formula is C15H15F4NO3. The van der Waals surface area contributed by atoms with Gasteiger partial charge in [-0.2, -0.15) is 8.78 Å². The number of hydrogen-bond acceptors (Lipinski definition) is 3. The molecule has 1 aliphatic rings. The first-order chi connectivity index (χ1) is 10.8. The van der Waals surface area contributed by atoms with Gasteiger partial charge < -0.3 is 9.64 Å². The third kappa shape index (κ3) is 4.00. The molecule has 0 radical (unpaired) electrons. The fraction of sp³-hybridized carbons (Fsp3) is 0.467. The van der Waals surface area contributed by atoms with Crippen LogP contribution in [0.5, 0.6) is 5.75 Å². The zero-order valence-corrected chi connectivity index (χ0v) is 12.4. The van der Waals surface area contributed by atoms with E-state index in [-0.39, 0.29) is 6.07 Å². The summed E-state index contributed by atoms with van der Waals surface area (Å²) in [5.41, 5.74) is 0. The van der Waals surface area contributed by atoms with Crippen LogP contribution in [0.15, 0.2) is 6.07 Å². The summed E-state index contributed by atoms with van der Waals surface area (Å²) >= 11 is 0. The SMILES string of the molecule is CC1CCN(C(=O)CC(=O)Oc2c(F)c(F)cc(F)c2F)CC1. The van der Waals surface area contributed by atoms with Crippen LogP contribution in [0, 0.1) is 29.2 Å². The summed E-state index contributed by atoms with van der Waals surface area (Å²) in [7, 11) is 0. The summed E-state index contributed by atoms with van der Waals surface area (Å²) in [6.07, 6.45) is 0.823. The van der Waals surface area contributed by atoms with E-state index in [1.807, 2.05) is 6.92 Å². The smallest absolute Gasteiger partial charge is 0.320 e. The molecule has 23 heavy (non-hydrogen) atoms. The highest BCUT2D eigenvalue weighted by atomic mass is 19.2. The number of piperidine rings is 1. The van der Waals surface area contributed by atoms with E-state index < -0.39 is 47.3 Å². The number of esters is 1. The number of ether oxygens (including phenoxy) is 1. The Balaban J connectivity index is 2.01. The van der Waals surface area contributed by atoms with Crippen molar-refractivity contribution in [1.82, 2.24) is 4.90 Å². The molecule has 0 saturated carbocycles. The van der Waals surface area contributed by atoms with Gasteiger partial charge in [-0.25, -0.2) is 8.78 Å². The quantitative estimate of drug-likeness (QED) is 0.281. The highest BCUT2D eigenvalue weighted by Gasteiger charge is 2.26. The van der Waals surface area contributed by atoms with Crippen LogP contribution in [0.4, 0.5) is 17.6 Å². The van der Waals surface area contributed by atoms with E-state index in [9.17, 15) is 27.2 Å². The molecule has 8 heteroatoms. The Kier molecular flexibility index (Phi) is 5.23. The Morgan fingerprint density at radius 1 is 1.13 bits per heavy atom. The lowest BCUT2D eigenvalue weighted by atomic mass is 9.99. The third-order valence-electron chi connectivity index (χ3n) is 3.72. The van der Waals surface area contributed by atoms with Crippen LogP contribution in [0.1, 0.15) is 26.2 Å². The predicted octanol–water partition coefficient (Wildman–Crippen LogP) is 2.80. The Morgan fingerprint density at radius 2 is 1.65 bits per heavy atom. The van der Waals surface area contributed by atoms with Crippen molar-refractivity contribution in [2.45, 2.75) is 26.2 Å². The fourth-order valence-corrected chi connectivity index (χ4v) is 2.28. The molecule has 1 amide bonds. The first-order valence-electron chi connectivity index (χ1n) is 7.11. The van der Waals surface area contributed by atoms with Gasteiger partial charge in [0.15, 0.2) is 11.6 Å². The summed E-state index contributed by atoms with van der Waals surface area (Å²) in [5, 5.41) is 0. The molecule has 1 aromatic carbocycles. The number of halogens is 4. The topological polar surface area (TPSA) is 46.6 Å². The standard InChI is InChI=1S/C15H15F4NO3/c1-8-2-4-20(5-3-8)11(21)7-12(22)23-15-13(18)9(16)6-10(17)14(15)19/h6,8H,2-5,7H2,1H3. The fourth-order valence-electron chi connectivity index (χ4n) is 2.28. The van der Waals surface area contributed by atoms with Gasteiger partial charge in [0.25, 0.3) is 0 Å². The van der Waals surface area contributed by atoms with Crippen LogP contribution in [0.25, 0.3) is 0 Å². The second-order valence-electron chi connectivity index (χ2n) is 5.51. The maximum atomic E-state index is 13.4.